The van der Waals surface area contributed by atoms with E-state index in [4.69, 9.17) is 0 Å². The van der Waals surface area contributed by atoms with Crippen LogP contribution in [0.3, 0.4) is 0 Å². The minimum atomic E-state index is -0.351. The van der Waals surface area contributed by atoms with Crippen LogP contribution in [0, 0.1) is 50.7 Å². The number of hydrogen-bond acceptors (Lipinski definition) is 4. The summed E-state index contributed by atoms with van der Waals surface area (Å²) in [5.74, 6) is 1.60. The van der Waals surface area contributed by atoms with Crippen molar-refractivity contribution >= 4 is 11.7 Å². The minimum absolute atomic E-state index is 0.00598. The number of hydrogen-bond donors (Lipinski definition) is 2. The number of rotatable bonds is 4. The zero-order valence-electron chi connectivity index (χ0n) is 23.7. The fraction of sp³-hybridized carbons (Fsp3) is 0.933. The quantitative estimate of drug-likeness (QED) is 0.606. The molecule has 2 N–H and O–H groups in total. The number of aliphatic hydroxyl groups is 1. The molecule has 0 saturated heterocycles. The molecule has 5 nitrogen and oxygen atoms in total. The van der Waals surface area contributed by atoms with Gasteiger partial charge in [-0.2, -0.15) is 0 Å². The topological polar surface area (TPSA) is 69.6 Å². The maximum atomic E-state index is 14.4. The highest BCUT2D eigenvalue weighted by Crippen LogP contribution is 2.87. The lowest BCUT2D eigenvalue weighted by atomic mass is 9.41. The molecule has 5 saturated carbocycles. The minimum Gasteiger partial charge on any atom is -0.393 e. The predicted molar refractivity (Wildman–Crippen MR) is 139 cm³/mol. The van der Waals surface area contributed by atoms with Gasteiger partial charge in [0.05, 0.1) is 6.10 Å². The number of amides is 1. The van der Waals surface area contributed by atoms with Crippen molar-refractivity contribution in [2.75, 3.05) is 14.1 Å². The summed E-state index contributed by atoms with van der Waals surface area (Å²) in [6.45, 7) is 15.6. The van der Waals surface area contributed by atoms with Crippen LogP contribution in [-0.2, 0) is 9.59 Å². The van der Waals surface area contributed by atoms with Gasteiger partial charge in [-0.1, -0.05) is 41.5 Å². The van der Waals surface area contributed by atoms with Crippen molar-refractivity contribution in [3.63, 3.8) is 0 Å². The molecule has 5 aliphatic rings. The van der Waals surface area contributed by atoms with Crippen LogP contribution in [0.15, 0.2) is 0 Å². The third-order valence-corrected chi connectivity index (χ3v) is 13.1. The summed E-state index contributed by atoms with van der Waals surface area (Å²) in [4.78, 5) is 29.2. The van der Waals surface area contributed by atoms with E-state index in [0.717, 1.165) is 38.5 Å². The fourth-order valence-electron chi connectivity index (χ4n) is 11.0. The molecule has 0 aromatic rings. The van der Waals surface area contributed by atoms with Gasteiger partial charge in [-0.25, -0.2) is 0 Å². The molecule has 0 bridgehead atoms. The van der Waals surface area contributed by atoms with Crippen LogP contribution in [0.1, 0.15) is 93.4 Å². The largest absolute Gasteiger partial charge is 0.393 e. The molecule has 0 aromatic carbocycles. The Morgan fingerprint density at radius 3 is 2.26 bits per heavy atom. The molecule has 0 radical (unpaired) electrons. The lowest BCUT2D eigenvalue weighted by Crippen LogP contribution is -2.62. The zero-order chi connectivity index (χ0) is 25.9. The van der Waals surface area contributed by atoms with Crippen LogP contribution in [0.2, 0.25) is 0 Å². The van der Waals surface area contributed by atoms with Gasteiger partial charge in [0.1, 0.15) is 5.78 Å². The van der Waals surface area contributed by atoms with E-state index in [1.807, 2.05) is 13.8 Å². The van der Waals surface area contributed by atoms with Crippen molar-refractivity contribution in [2.24, 2.45) is 50.7 Å². The molecule has 5 fully saturated rings. The first-order chi connectivity index (χ1) is 16.1. The molecule has 0 heterocycles. The summed E-state index contributed by atoms with van der Waals surface area (Å²) in [6, 6.07) is 0.419. The van der Waals surface area contributed by atoms with Gasteiger partial charge in [0, 0.05) is 35.8 Å². The van der Waals surface area contributed by atoms with E-state index in [0.29, 0.717) is 24.0 Å². The van der Waals surface area contributed by atoms with E-state index in [-0.39, 0.29) is 63.0 Å². The summed E-state index contributed by atoms with van der Waals surface area (Å²) in [5.41, 5.74) is -0.314. The van der Waals surface area contributed by atoms with Gasteiger partial charge in [0.2, 0.25) is 5.91 Å². The van der Waals surface area contributed by atoms with Crippen LogP contribution in [0.4, 0.5) is 0 Å². The van der Waals surface area contributed by atoms with E-state index >= 15 is 0 Å². The first kappa shape index (κ1) is 25.7. The highest BCUT2D eigenvalue weighted by Gasteiger charge is 2.86. The fourth-order valence-corrected chi connectivity index (χ4v) is 11.0. The second-order valence-corrected chi connectivity index (χ2v) is 15.0. The Labute approximate surface area is 213 Å². The lowest BCUT2D eigenvalue weighted by Gasteiger charge is -2.62. The Bertz CT molecular complexity index is 929. The van der Waals surface area contributed by atoms with Crippen LogP contribution >= 0.6 is 0 Å². The van der Waals surface area contributed by atoms with Crippen molar-refractivity contribution < 1.29 is 14.7 Å². The molecule has 0 aromatic heterocycles. The molecule has 5 heteroatoms. The molecule has 35 heavy (non-hydrogen) atoms. The number of aliphatic hydroxyl groups excluding tert-OH is 1. The van der Waals surface area contributed by atoms with Crippen molar-refractivity contribution in [3.8, 4) is 0 Å². The number of nitrogens with one attached hydrogen (secondary N) is 1. The van der Waals surface area contributed by atoms with Crippen LogP contribution in [0.5, 0.6) is 0 Å². The first-order valence-corrected chi connectivity index (χ1v) is 14.3. The van der Waals surface area contributed by atoms with Gasteiger partial charge in [-0.05, 0) is 93.0 Å². The second kappa shape index (κ2) is 7.56. The molecule has 5 unspecified atom stereocenters. The Morgan fingerprint density at radius 1 is 1.03 bits per heavy atom. The molecule has 1 amide bonds. The average Bonchev–Trinajstić information content (AvgIpc) is 3.38. The van der Waals surface area contributed by atoms with Crippen molar-refractivity contribution in [1.82, 2.24) is 10.2 Å². The Balaban J connectivity index is 1.49. The molecular weight excluding hydrogens is 436 g/mol. The molecule has 198 valence electrons. The highest BCUT2D eigenvalue weighted by atomic mass is 16.3. The Kier molecular flexibility index (Phi) is 5.55. The van der Waals surface area contributed by atoms with Gasteiger partial charge in [0.15, 0.2) is 0 Å². The van der Waals surface area contributed by atoms with E-state index in [9.17, 15) is 14.7 Å². The van der Waals surface area contributed by atoms with Crippen LogP contribution < -0.4 is 5.32 Å². The maximum absolute atomic E-state index is 14.4. The summed E-state index contributed by atoms with van der Waals surface area (Å²) in [7, 11) is 4.20. The average molecular weight is 487 g/mol. The highest BCUT2D eigenvalue weighted by molar-refractivity contribution is 5.92. The van der Waals surface area contributed by atoms with Gasteiger partial charge in [0.25, 0.3) is 0 Å². The molecule has 10 atom stereocenters. The van der Waals surface area contributed by atoms with E-state index in [1.54, 1.807) is 0 Å². The first-order valence-electron chi connectivity index (χ1n) is 14.3. The van der Waals surface area contributed by atoms with Crippen LogP contribution in [0.25, 0.3) is 0 Å². The Morgan fingerprint density at radius 2 is 1.66 bits per heavy atom. The smallest absolute Gasteiger partial charge is 0.222 e. The van der Waals surface area contributed by atoms with Gasteiger partial charge in [-0.3, -0.25) is 9.59 Å². The normalized spacial score (nSPS) is 50.7. The number of carbonyl (C=O) groups is 2. The standard InChI is InChI=1S/C30H50N2O3/c1-17(2)25(35)31-22-12-13-29-16-30(29)21(11-10-20(29)26(22,4)5)27(6)14-19(33)24(18(3)32(8)9)28(27,7)15-23(30)34/h17-22,24,33H,10-16H2,1-9H3,(H,31,35)/t18?,19-,20?,21?,22+,24+,27+,28-,29?,30?/m1/s1. The summed E-state index contributed by atoms with van der Waals surface area (Å²) >= 11 is 0. The molecule has 0 aliphatic heterocycles. The van der Waals surface area contributed by atoms with Crippen molar-refractivity contribution in [1.29, 1.82) is 0 Å². The van der Waals surface area contributed by atoms with Crippen molar-refractivity contribution in [2.45, 2.75) is 112 Å². The van der Waals surface area contributed by atoms with Gasteiger partial charge < -0.3 is 15.3 Å². The van der Waals surface area contributed by atoms with E-state index < -0.39 is 0 Å². The Hall–Kier alpha value is -0.940. The summed E-state index contributed by atoms with van der Waals surface area (Å²) in [5, 5.41) is 14.8. The van der Waals surface area contributed by atoms with E-state index in [1.165, 1.54) is 0 Å². The van der Waals surface area contributed by atoms with Crippen molar-refractivity contribution in [3.05, 3.63) is 0 Å². The number of fused-ring (bicyclic) bond motifs is 2. The maximum Gasteiger partial charge on any atom is 0.222 e. The van der Waals surface area contributed by atoms with E-state index in [2.05, 4.69) is 58.9 Å². The summed E-state index contributed by atoms with van der Waals surface area (Å²) in [6.07, 6.45) is 6.37. The third kappa shape index (κ3) is 2.95. The number of carbonyl (C=O) groups excluding carboxylic acids is 2. The SMILES string of the molecule is CC(C)C(=O)N[C@H]1CCC23CC24C(=O)C[C@]2(C)[C@@H](C(C)N(C)C)[C@H](O)C[C@@]2(C)C4CCC3C1(C)C. The molecule has 2 spiro atoms. The second-order valence-electron chi connectivity index (χ2n) is 15.0. The molecular formula is C30H50N2O3. The van der Waals surface area contributed by atoms with Gasteiger partial charge >= 0.3 is 0 Å². The van der Waals surface area contributed by atoms with Gasteiger partial charge in [-0.15, -0.1) is 0 Å². The van der Waals surface area contributed by atoms with Crippen LogP contribution in [-0.4, -0.2) is 54.0 Å². The monoisotopic (exact) mass is 486 g/mol. The molecule has 5 aliphatic carbocycles. The number of ketones is 1. The number of Topliss-reactive ketones (excluding diaryl/α,β-unsaturated/α-hetero) is 1. The zero-order valence-corrected chi connectivity index (χ0v) is 23.7. The number of nitrogens with zero attached hydrogens (tertiary/aromatic N) is 1. The lowest BCUT2D eigenvalue weighted by molar-refractivity contribution is -0.170. The third-order valence-electron chi connectivity index (χ3n) is 13.1. The summed E-state index contributed by atoms with van der Waals surface area (Å²) < 4.78 is 0. The predicted octanol–water partition coefficient (Wildman–Crippen LogP) is 4.67. The molecule has 5 rings (SSSR count).